The molecule has 10 heteroatoms. The van der Waals surface area contributed by atoms with Crippen molar-refractivity contribution in [1.82, 2.24) is 10.2 Å². The summed E-state index contributed by atoms with van der Waals surface area (Å²) < 4.78 is 5.32. The Morgan fingerprint density at radius 3 is 2.28 bits per heavy atom. The molecular weight excluding hydrogens is 520 g/mol. The number of para-hydroxylation sites is 1. The highest BCUT2D eigenvalue weighted by atomic mass is 35.5. The van der Waals surface area contributed by atoms with Crippen LogP contribution in [0.25, 0.3) is 0 Å². The molecule has 0 spiro atoms. The van der Waals surface area contributed by atoms with Gasteiger partial charge in [0.25, 0.3) is 5.91 Å². The van der Waals surface area contributed by atoms with Crippen molar-refractivity contribution in [2.45, 2.75) is 65.1 Å². The van der Waals surface area contributed by atoms with E-state index in [9.17, 15) is 19.2 Å². The second-order valence-electron chi connectivity index (χ2n) is 10.2. The zero-order valence-corrected chi connectivity index (χ0v) is 23.8. The fraction of sp³-hybridized carbons (Fsp3) is 0.379. The molecule has 9 nitrogen and oxygen atoms in total. The summed E-state index contributed by atoms with van der Waals surface area (Å²) in [7, 11) is 0. The summed E-state index contributed by atoms with van der Waals surface area (Å²) in [6.07, 6.45) is 0.374. The molecule has 0 saturated heterocycles. The molecule has 0 aromatic heterocycles. The van der Waals surface area contributed by atoms with Crippen molar-refractivity contribution in [2.75, 3.05) is 11.9 Å². The molecule has 2 unspecified atom stereocenters. The molecule has 0 fully saturated rings. The van der Waals surface area contributed by atoms with Crippen molar-refractivity contribution >= 4 is 41.1 Å². The third-order valence-corrected chi connectivity index (χ3v) is 6.02. The second-order valence-corrected chi connectivity index (χ2v) is 10.6. The molecule has 210 valence electrons. The minimum atomic E-state index is -1.20. The fourth-order valence-electron chi connectivity index (χ4n) is 3.86. The van der Waals surface area contributed by atoms with Gasteiger partial charge in [-0.15, -0.1) is 6.58 Å². The van der Waals surface area contributed by atoms with Gasteiger partial charge in [-0.2, -0.15) is 0 Å². The molecule has 4 amide bonds. The summed E-state index contributed by atoms with van der Waals surface area (Å²) >= 11 is 6.36. The van der Waals surface area contributed by atoms with Gasteiger partial charge in [0.1, 0.15) is 17.7 Å². The molecule has 0 saturated carbocycles. The molecular formula is C29H37ClN4O5. The maximum atomic E-state index is 14.0. The Balaban J connectivity index is 2.54. The molecule has 0 aliphatic rings. The molecule has 2 aromatic carbocycles. The summed E-state index contributed by atoms with van der Waals surface area (Å²) in [5.74, 6) is -1.77. The van der Waals surface area contributed by atoms with Gasteiger partial charge in [0, 0.05) is 13.0 Å². The molecule has 0 aliphatic heterocycles. The molecule has 0 radical (unpaired) electrons. The van der Waals surface area contributed by atoms with Crippen molar-refractivity contribution in [3.63, 3.8) is 0 Å². The lowest BCUT2D eigenvalue weighted by molar-refractivity contribution is -0.140. The molecule has 2 aromatic rings. The maximum Gasteiger partial charge on any atom is 0.408 e. The molecule has 0 bridgehead atoms. The predicted molar refractivity (Wildman–Crippen MR) is 152 cm³/mol. The highest BCUT2D eigenvalue weighted by Gasteiger charge is 2.36. The van der Waals surface area contributed by atoms with Crippen LogP contribution in [-0.4, -0.2) is 46.9 Å². The number of alkyl carbamates (subject to hydrolysis) is 1. The van der Waals surface area contributed by atoms with Crippen LogP contribution < -0.4 is 16.4 Å². The van der Waals surface area contributed by atoms with Gasteiger partial charge in [-0.05, 0) is 58.2 Å². The number of halogens is 1. The Morgan fingerprint density at radius 2 is 1.74 bits per heavy atom. The molecule has 4 N–H and O–H groups in total. The number of hydrogen-bond donors (Lipinski definition) is 3. The molecule has 2 rings (SSSR count). The number of anilines is 1. The number of rotatable bonds is 11. The number of nitrogens with one attached hydrogen (secondary N) is 2. The quantitative estimate of drug-likeness (QED) is 0.342. The lowest BCUT2D eigenvalue weighted by Gasteiger charge is -2.34. The number of carbonyl (C=O) groups excluding carboxylic acids is 4. The Labute approximate surface area is 234 Å². The van der Waals surface area contributed by atoms with Crippen LogP contribution in [0.4, 0.5) is 10.5 Å². The molecule has 0 aliphatic carbocycles. The average Bonchev–Trinajstić information content (AvgIpc) is 2.83. The number of benzene rings is 2. The van der Waals surface area contributed by atoms with E-state index in [1.54, 1.807) is 58.0 Å². The topological polar surface area (TPSA) is 131 Å². The Kier molecular flexibility index (Phi) is 11.1. The Morgan fingerprint density at radius 1 is 1.10 bits per heavy atom. The minimum absolute atomic E-state index is 0.0324. The minimum Gasteiger partial charge on any atom is -0.444 e. The first kappa shape index (κ1) is 31.4. The van der Waals surface area contributed by atoms with E-state index in [2.05, 4.69) is 17.2 Å². The third kappa shape index (κ3) is 9.44. The summed E-state index contributed by atoms with van der Waals surface area (Å²) in [5, 5.41) is 5.75. The van der Waals surface area contributed by atoms with E-state index >= 15 is 0 Å². The number of amides is 4. The number of primary amides is 1. The fourth-order valence-corrected chi connectivity index (χ4v) is 4.13. The van der Waals surface area contributed by atoms with Gasteiger partial charge in [-0.1, -0.05) is 59.6 Å². The van der Waals surface area contributed by atoms with Crippen molar-refractivity contribution in [2.24, 2.45) is 5.73 Å². The van der Waals surface area contributed by atoms with E-state index in [-0.39, 0.29) is 19.4 Å². The normalized spacial score (nSPS) is 12.6. The monoisotopic (exact) mass is 556 g/mol. The van der Waals surface area contributed by atoms with Gasteiger partial charge < -0.3 is 26.0 Å². The molecule has 2 atom stereocenters. The Bertz CT molecular complexity index is 1190. The predicted octanol–water partition coefficient (Wildman–Crippen LogP) is 4.81. The van der Waals surface area contributed by atoms with Crippen LogP contribution in [0.3, 0.4) is 0 Å². The van der Waals surface area contributed by atoms with E-state index in [0.29, 0.717) is 16.3 Å². The SMILES string of the molecule is C=CCN(C(=O)C(CCC(N)=O)NC(=O)OC(C)(C)C)C(C(=O)Nc1c(C)cccc1Cl)c1ccc(C)cc1. The smallest absolute Gasteiger partial charge is 0.408 e. The average molecular weight is 557 g/mol. The van der Waals surface area contributed by atoms with Crippen molar-refractivity contribution in [3.05, 3.63) is 76.8 Å². The van der Waals surface area contributed by atoms with Gasteiger partial charge in [-0.25, -0.2) is 4.79 Å². The second kappa shape index (κ2) is 13.8. The number of nitrogens with zero attached hydrogens (tertiary/aromatic N) is 1. The number of hydrogen-bond acceptors (Lipinski definition) is 5. The first-order valence-electron chi connectivity index (χ1n) is 12.5. The lowest BCUT2D eigenvalue weighted by atomic mass is 10.00. The van der Waals surface area contributed by atoms with Gasteiger partial charge in [0.05, 0.1) is 10.7 Å². The highest BCUT2D eigenvalue weighted by molar-refractivity contribution is 6.34. The maximum absolute atomic E-state index is 14.0. The van der Waals surface area contributed by atoms with Crippen LogP contribution in [0.15, 0.2) is 55.1 Å². The number of aryl methyl sites for hydroxylation is 2. The van der Waals surface area contributed by atoms with E-state index < -0.39 is 41.5 Å². The number of ether oxygens (including phenoxy) is 1. The van der Waals surface area contributed by atoms with Crippen LogP contribution in [0.5, 0.6) is 0 Å². The van der Waals surface area contributed by atoms with Gasteiger partial charge in [0.2, 0.25) is 11.8 Å². The van der Waals surface area contributed by atoms with Crippen molar-refractivity contribution in [3.8, 4) is 0 Å². The largest absolute Gasteiger partial charge is 0.444 e. The molecule has 39 heavy (non-hydrogen) atoms. The van der Waals surface area contributed by atoms with Crippen molar-refractivity contribution < 1.29 is 23.9 Å². The van der Waals surface area contributed by atoms with Crippen LogP contribution in [0.1, 0.15) is 56.3 Å². The summed E-state index contributed by atoms with van der Waals surface area (Å²) in [6, 6.07) is 10.1. The zero-order valence-electron chi connectivity index (χ0n) is 23.0. The summed E-state index contributed by atoms with van der Waals surface area (Å²) in [5.41, 5.74) is 7.17. The highest BCUT2D eigenvalue weighted by Crippen LogP contribution is 2.29. The first-order valence-corrected chi connectivity index (χ1v) is 12.9. The number of carbonyl (C=O) groups is 4. The summed E-state index contributed by atoms with van der Waals surface area (Å²) in [6.45, 7) is 12.5. The van der Waals surface area contributed by atoms with Crippen molar-refractivity contribution in [1.29, 1.82) is 0 Å². The van der Waals surface area contributed by atoms with E-state index in [0.717, 1.165) is 11.1 Å². The van der Waals surface area contributed by atoms with Crippen LogP contribution in [0.2, 0.25) is 5.02 Å². The Hall–Kier alpha value is -3.85. The lowest BCUT2D eigenvalue weighted by Crippen LogP contribution is -2.52. The standard InChI is InChI=1S/C29H37ClN4O5/c1-7-17-34(27(37)22(15-16-23(31)35)32-28(38)39-29(4,5)6)25(20-13-11-18(2)12-14-20)26(36)33-24-19(3)9-8-10-21(24)30/h7-14,22,25H,1,15-17H2,2-6H3,(H2,31,35)(H,32,38)(H,33,36). The van der Waals surface area contributed by atoms with Gasteiger partial charge >= 0.3 is 6.09 Å². The summed E-state index contributed by atoms with van der Waals surface area (Å²) in [4.78, 5) is 53.3. The van der Waals surface area contributed by atoms with E-state index in [1.807, 2.05) is 19.1 Å². The van der Waals surface area contributed by atoms with Crippen LogP contribution >= 0.6 is 11.6 Å². The first-order chi connectivity index (χ1) is 18.2. The van der Waals surface area contributed by atoms with Crippen LogP contribution in [-0.2, 0) is 19.1 Å². The van der Waals surface area contributed by atoms with E-state index in [4.69, 9.17) is 22.1 Å². The van der Waals surface area contributed by atoms with E-state index in [1.165, 1.54) is 11.0 Å². The molecule has 0 heterocycles. The third-order valence-electron chi connectivity index (χ3n) is 5.70. The van der Waals surface area contributed by atoms with Crippen LogP contribution in [0, 0.1) is 13.8 Å². The zero-order chi connectivity index (χ0) is 29.3. The number of nitrogens with two attached hydrogens (primary N) is 1. The van der Waals surface area contributed by atoms with Gasteiger partial charge in [0.15, 0.2) is 0 Å². The van der Waals surface area contributed by atoms with Gasteiger partial charge in [-0.3, -0.25) is 14.4 Å².